The molecule has 1 amide bonds. The highest BCUT2D eigenvalue weighted by atomic mass is 19.2. The Kier molecular flexibility index (Phi) is 5.31. The van der Waals surface area contributed by atoms with Gasteiger partial charge in [0.25, 0.3) is 0 Å². The Bertz CT molecular complexity index is 465. The molecule has 0 aromatic heterocycles. The second-order valence-corrected chi connectivity index (χ2v) is 3.97. The third kappa shape index (κ3) is 3.85. The number of nitrogens with one attached hydrogen (secondary N) is 1. The van der Waals surface area contributed by atoms with Crippen LogP contribution in [0.5, 0.6) is 0 Å². The largest absolute Gasteiger partial charge is 0.342 e. The molecule has 1 atom stereocenters. The first-order valence-electron chi connectivity index (χ1n) is 5.76. The molecule has 1 rings (SSSR count). The molecule has 0 aliphatic rings. The highest BCUT2D eigenvalue weighted by Gasteiger charge is 2.13. The Morgan fingerprint density at radius 3 is 2.83 bits per heavy atom. The number of rotatable bonds is 5. The van der Waals surface area contributed by atoms with Crippen LogP contribution in [-0.2, 0) is 11.2 Å². The van der Waals surface area contributed by atoms with Crippen LogP contribution in [0.4, 0.5) is 8.78 Å². The van der Waals surface area contributed by atoms with Gasteiger partial charge in [0, 0.05) is 5.56 Å². The zero-order chi connectivity index (χ0) is 13.5. The fourth-order valence-electron chi connectivity index (χ4n) is 1.59. The number of benzene rings is 1. The zero-order valence-electron chi connectivity index (χ0n) is 10.2. The molecule has 1 N–H and O–H groups in total. The molecule has 0 bridgehead atoms. The molecule has 0 aliphatic heterocycles. The molecule has 18 heavy (non-hydrogen) atoms. The maximum absolute atomic E-state index is 13.3. The molecule has 0 spiro atoms. The van der Waals surface area contributed by atoms with Crippen LogP contribution in [0.15, 0.2) is 18.2 Å². The molecule has 2 nitrogen and oxygen atoms in total. The number of halogens is 2. The van der Waals surface area contributed by atoms with Crippen molar-refractivity contribution in [3.63, 3.8) is 0 Å². The van der Waals surface area contributed by atoms with Crippen molar-refractivity contribution in [1.29, 1.82) is 0 Å². The van der Waals surface area contributed by atoms with Gasteiger partial charge in [-0.1, -0.05) is 31.4 Å². The number of hydrogen-bond donors (Lipinski definition) is 1. The average molecular weight is 251 g/mol. The van der Waals surface area contributed by atoms with Crippen molar-refractivity contribution in [3.05, 3.63) is 35.4 Å². The van der Waals surface area contributed by atoms with E-state index >= 15 is 0 Å². The van der Waals surface area contributed by atoms with Crippen LogP contribution in [0, 0.1) is 24.0 Å². The predicted molar refractivity (Wildman–Crippen MR) is 65.7 cm³/mol. The molecule has 0 fully saturated rings. The van der Waals surface area contributed by atoms with Gasteiger partial charge in [0.1, 0.15) is 0 Å². The van der Waals surface area contributed by atoms with Gasteiger partial charge in [0.2, 0.25) is 5.91 Å². The summed E-state index contributed by atoms with van der Waals surface area (Å²) in [5, 5.41) is 2.60. The van der Waals surface area contributed by atoms with E-state index in [1.165, 1.54) is 12.1 Å². The standard InChI is InChI=1S/C14H15F2NO/c1-3-6-11(4-2)17-13(18)9-10-7-5-8-12(15)14(10)16/h2,5,7-8,11H,3,6,9H2,1H3,(H,17,18). The molecule has 0 saturated carbocycles. The van der Waals surface area contributed by atoms with Gasteiger partial charge in [0.15, 0.2) is 11.6 Å². The number of amides is 1. The third-order valence-corrected chi connectivity index (χ3v) is 2.50. The number of carbonyl (C=O) groups excluding carboxylic acids is 1. The van der Waals surface area contributed by atoms with Gasteiger partial charge >= 0.3 is 0 Å². The summed E-state index contributed by atoms with van der Waals surface area (Å²) in [5.74, 6) is 0.0974. The first kappa shape index (κ1) is 14.2. The van der Waals surface area contributed by atoms with E-state index in [-0.39, 0.29) is 18.0 Å². The summed E-state index contributed by atoms with van der Waals surface area (Å²) < 4.78 is 26.3. The third-order valence-electron chi connectivity index (χ3n) is 2.50. The van der Waals surface area contributed by atoms with E-state index in [9.17, 15) is 13.6 Å². The lowest BCUT2D eigenvalue weighted by molar-refractivity contribution is -0.120. The first-order chi connectivity index (χ1) is 8.58. The van der Waals surface area contributed by atoms with Crippen molar-refractivity contribution in [2.45, 2.75) is 32.2 Å². The van der Waals surface area contributed by atoms with E-state index < -0.39 is 17.5 Å². The van der Waals surface area contributed by atoms with Gasteiger partial charge in [-0.3, -0.25) is 4.79 Å². The Labute approximate surface area is 105 Å². The molecule has 1 aromatic rings. The summed E-state index contributed by atoms with van der Waals surface area (Å²) in [7, 11) is 0. The van der Waals surface area contributed by atoms with Crippen LogP contribution in [0.2, 0.25) is 0 Å². The van der Waals surface area contributed by atoms with Crippen molar-refractivity contribution in [2.75, 3.05) is 0 Å². The average Bonchev–Trinajstić information content (AvgIpc) is 2.34. The van der Waals surface area contributed by atoms with Gasteiger partial charge in [-0.05, 0) is 12.5 Å². The molecular weight excluding hydrogens is 236 g/mol. The lowest BCUT2D eigenvalue weighted by Gasteiger charge is -2.12. The Morgan fingerprint density at radius 1 is 1.50 bits per heavy atom. The number of hydrogen-bond acceptors (Lipinski definition) is 1. The highest BCUT2D eigenvalue weighted by Crippen LogP contribution is 2.12. The van der Waals surface area contributed by atoms with E-state index in [0.717, 1.165) is 12.5 Å². The second-order valence-electron chi connectivity index (χ2n) is 3.97. The van der Waals surface area contributed by atoms with Crippen LogP contribution < -0.4 is 5.32 Å². The van der Waals surface area contributed by atoms with E-state index in [2.05, 4.69) is 11.2 Å². The lowest BCUT2D eigenvalue weighted by Crippen LogP contribution is -2.34. The molecule has 96 valence electrons. The molecule has 0 aliphatic carbocycles. The van der Waals surface area contributed by atoms with E-state index in [4.69, 9.17) is 6.42 Å². The van der Waals surface area contributed by atoms with E-state index in [0.29, 0.717) is 6.42 Å². The molecule has 1 unspecified atom stereocenters. The lowest BCUT2D eigenvalue weighted by atomic mass is 10.1. The van der Waals surface area contributed by atoms with Gasteiger partial charge in [-0.25, -0.2) is 8.78 Å². The minimum Gasteiger partial charge on any atom is -0.342 e. The van der Waals surface area contributed by atoms with E-state index in [1.807, 2.05) is 6.92 Å². The minimum absolute atomic E-state index is 0.0276. The second kappa shape index (κ2) is 6.75. The minimum atomic E-state index is -0.986. The SMILES string of the molecule is C#CC(CCC)NC(=O)Cc1cccc(F)c1F. The number of carbonyl (C=O) groups is 1. The molecule has 1 aromatic carbocycles. The summed E-state index contributed by atoms with van der Waals surface area (Å²) in [5.41, 5.74) is 0.0276. The monoisotopic (exact) mass is 251 g/mol. The molecule has 0 heterocycles. The van der Waals surface area contributed by atoms with Crippen LogP contribution >= 0.6 is 0 Å². The van der Waals surface area contributed by atoms with Crippen molar-refractivity contribution in [3.8, 4) is 12.3 Å². The van der Waals surface area contributed by atoms with Crippen LogP contribution in [-0.4, -0.2) is 11.9 Å². The Hall–Kier alpha value is -1.89. The fraction of sp³-hybridized carbons (Fsp3) is 0.357. The molecular formula is C14H15F2NO. The molecule has 0 radical (unpaired) electrons. The van der Waals surface area contributed by atoms with Crippen LogP contribution in [0.25, 0.3) is 0 Å². The van der Waals surface area contributed by atoms with Crippen molar-refractivity contribution < 1.29 is 13.6 Å². The molecule has 0 saturated heterocycles. The van der Waals surface area contributed by atoms with E-state index in [1.54, 1.807) is 0 Å². The van der Waals surface area contributed by atoms with Crippen molar-refractivity contribution in [1.82, 2.24) is 5.32 Å². The van der Waals surface area contributed by atoms with Gasteiger partial charge in [-0.15, -0.1) is 6.42 Å². The van der Waals surface area contributed by atoms with Gasteiger partial charge < -0.3 is 5.32 Å². The fourth-order valence-corrected chi connectivity index (χ4v) is 1.59. The topological polar surface area (TPSA) is 29.1 Å². The van der Waals surface area contributed by atoms with Gasteiger partial charge in [0.05, 0.1) is 12.5 Å². The Morgan fingerprint density at radius 2 is 2.22 bits per heavy atom. The maximum Gasteiger partial charge on any atom is 0.225 e. The smallest absolute Gasteiger partial charge is 0.225 e. The van der Waals surface area contributed by atoms with Crippen LogP contribution in [0.3, 0.4) is 0 Å². The zero-order valence-corrected chi connectivity index (χ0v) is 10.2. The quantitative estimate of drug-likeness (QED) is 0.800. The Balaban J connectivity index is 2.65. The summed E-state index contributed by atoms with van der Waals surface area (Å²) >= 11 is 0. The predicted octanol–water partition coefficient (Wildman–Crippen LogP) is 2.43. The highest BCUT2D eigenvalue weighted by molar-refractivity contribution is 5.79. The first-order valence-corrected chi connectivity index (χ1v) is 5.76. The number of terminal acetylenes is 1. The summed E-state index contributed by atoms with van der Waals surface area (Å²) in [6.45, 7) is 1.95. The summed E-state index contributed by atoms with van der Waals surface area (Å²) in [6, 6.07) is 3.39. The summed E-state index contributed by atoms with van der Waals surface area (Å²) in [4.78, 5) is 11.6. The maximum atomic E-state index is 13.3. The van der Waals surface area contributed by atoms with Crippen LogP contribution in [0.1, 0.15) is 25.3 Å². The summed E-state index contributed by atoms with van der Waals surface area (Å²) in [6.07, 6.45) is 6.54. The van der Waals surface area contributed by atoms with Gasteiger partial charge in [-0.2, -0.15) is 0 Å². The van der Waals surface area contributed by atoms with Crippen molar-refractivity contribution in [2.24, 2.45) is 0 Å². The molecule has 4 heteroatoms. The normalized spacial score (nSPS) is 11.7. The van der Waals surface area contributed by atoms with Crippen molar-refractivity contribution >= 4 is 5.91 Å².